The fourth-order valence-electron chi connectivity index (χ4n) is 2.69. The lowest BCUT2D eigenvalue weighted by atomic mass is 10.1. The van der Waals surface area contributed by atoms with Gasteiger partial charge in [0.05, 0.1) is 19.8 Å². The Morgan fingerprint density at radius 1 is 1.18 bits per heavy atom. The fourth-order valence-corrected chi connectivity index (χ4v) is 2.69. The van der Waals surface area contributed by atoms with Crippen molar-refractivity contribution in [3.05, 3.63) is 72.8 Å². The maximum absolute atomic E-state index is 12.5. The van der Waals surface area contributed by atoms with Crippen LogP contribution in [0.15, 0.2) is 71.6 Å². The number of carbonyl (C=O) groups is 1. The van der Waals surface area contributed by atoms with E-state index in [-0.39, 0.29) is 12.3 Å². The second-order valence-electron chi connectivity index (χ2n) is 5.94. The zero-order valence-electron chi connectivity index (χ0n) is 15.1. The molecule has 28 heavy (non-hydrogen) atoms. The first-order chi connectivity index (χ1) is 13.7. The van der Waals surface area contributed by atoms with Crippen molar-refractivity contribution in [2.75, 3.05) is 12.4 Å². The molecule has 8 heteroatoms. The summed E-state index contributed by atoms with van der Waals surface area (Å²) in [5, 5.41) is 7.00. The molecule has 4 aromatic rings. The first-order valence-corrected chi connectivity index (χ1v) is 8.57. The third-order valence-electron chi connectivity index (χ3n) is 3.96. The number of rotatable bonds is 6. The zero-order chi connectivity index (χ0) is 19.3. The number of nitrogens with zero attached hydrogens (tertiary/aromatic N) is 4. The number of methoxy groups -OCH3 is 1. The molecule has 4 rings (SSSR count). The Morgan fingerprint density at radius 2 is 2.11 bits per heavy atom. The van der Waals surface area contributed by atoms with Gasteiger partial charge in [-0.25, -0.2) is 14.6 Å². The molecule has 140 valence electrons. The lowest BCUT2D eigenvalue weighted by molar-refractivity contribution is -0.115. The largest absolute Gasteiger partial charge is 0.497 e. The van der Waals surface area contributed by atoms with Crippen molar-refractivity contribution < 1.29 is 13.9 Å². The summed E-state index contributed by atoms with van der Waals surface area (Å²) in [5.74, 6) is 2.23. The number of carbonyl (C=O) groups excluding carboxylic acids is 1. The summed E-state index contributed by atoms with van der Waals surface area (Å²) in [6.45, 7) is 0. The van der Waals surface area contributed by atoms with Gasteiger partial charge < -0.3 is 14.5 Å². The molecule has 0 bridgehead atoms. The third-order valence-corrected chi connectivity index (χ3v) is 3.96. The molecule has 0 radical (unpaired) electrons. The van der Waals surface area contributed by atoms with Crippen LogP contribution in [0.4, 0.5) is 5.82 Å². The quantitative estimate of drug-likeness (QED) is 0.556. The number of hydrogen-bond donors (Lipinski definition) is 1. The Morgan fingerprint density at radius 3 is 2.86 bits per heavy atom. The smallest absolute Gasteiger partial charge is 0.229 e. The normalized spacial score (nSPS) is 10.6. The SMILES string of the molecule is COc1cccc(CC(=O)Nc2cc(-n3cccn3)nc(-c3ccco3)n2)c1. The summed E-state index contributed by atoms with van der Waals surface area (Å²) in [5.41, 5.74) is 0.837. The van der Waals surface area contributed by atoms with E-state index < -0.39 is 0 Å². The third kappa shape index (κ3) is 3.90. The molecule has 0 saturated carbocycles. The molecule has 0 aliphatic heterocycles. The van der Waals surface area contributed by atoms with E-state index in [1.807, 2.05) is 24.3 Å². The van der Waals surface area contributed by atoms with Gasteiger partial charge in [-0.3, -0.25) is 4.79 Å². The van der Waals surface area contributed by atoms with Gasteiger partial charge in [-0.15, -0.1) is 0 Å². The number of aromatic nitrogens is 4. The minimum absolute atomic E-state index is 0.189. The van der Waals surface area contributed by atoms with E-state index in [1.54, 1.807) is 54.7 Å². The molecular weight excluding hydrogens is 358 g/mol. The minimum atomic E-state index is -0.205. The molecule has 0 fully saturated rings. The van der Waals surface area contributed by atoms with E-state index in [2.05, 4.69) is 20.4 Å². The van der Waals surface area contributed by atoms with Gasteiger partial charge in [-0.1, -0.05) is 12.1 Å². The van der Waals surface area contributed by atoms with Crippen LogP contribution in [-0.2, 0) is 11.2 Å². The van der Waals surface area contributed by atoms with Gasteiger partial charge in [-0.2, -0.15) is 5.10 Å². The highest BCUT2D eigenvalue weighted by Crippen LogP contribution is 2.20. The molecule has 1 amide bonds. The summed E-state index contributed by atoms with van der Waals surface area (Å²) in [6.07, 6.45) is 5.14. The second kappa shape index (κ2) is 7.75. The molecule has 3 heterocycles. The molecule has 0 spiro atoms. The van der Waals surface area contributed by atoms with Gasteiger partial charge in [0, 0.05) is 18.5 Å². The predicted molar refractivity (Wildman–Crippen MR) is 102 cm³/mol. The van der Waals surface area contributed by atoms with Crippen LogP contribution in [0.25, 0.3) is 17.4 Å². The number of benzene rings is 1. The van der Waals surface area contributed by atoms with Gasteiger partial charge in [0.25, 0.3) is 0 Å². The summed E-state index contributed by atoms with van der Waals surface area (Å²) >= 11 is 0. The average Bonchev–Trinajstić information content (AvgIpc) is 3.42. The number of amides is 1. The van der Waals surface area contributed by atoms with Gasteiger partial charge in [0.15, 0.2) is 17.4 Å². The van der Waals surface area contributed by atoms with E-state index >= 15 is 0 Å². The van der Waals surface area contributed by atoms with Crippen LogP contribution in [0.5, 0.6) is 5.75 Å². The number of ether oxygens (including phenoxy) is 1. The van der Waals surface area contributed by atoms with Gasteiger partial charge in [0.2, 0.25) is 5.91 Å². The average molecular weight is 375 g/mol. The zero-order valence-corrected chi connectivity index (χ0v) is 15.1. The van der Waals surface area contributed by atoms with Crippen LogP contribution in [-0.4, -0.2) is 32.8 Å². The molecule has 1 aromatic carbocycles. The van der Waals surface area contributed by atoms with Crippen LogP contribution in [0.1, 0.15) is 5.56 Å². The fraction of sp³-hybridized carbons (Fsp3) is 0.100. The van der Waals surface area contributed by atoms with Crippen LogP contribution < -0.4 is 10.1 Å². The van der Waals surface area contributed by atoms with Crippen LogP contribution >= 0.6 is 0 Å². The van der Waals surface area contributed by atoms with E-state index in [9.17, 15) is 4.79 Å². The van der Waals surface area contributed by atoms with Crippen LogP contribution in [0.2, 0.25) is 0 Å². The van der Waals surface area contributed by atoms with Crippen molar-refractivity contribution in [1.29, 1.82) is 0 Å². The van der Waals surface area contributed by atoms with Gasteiger partial charge >= 0.3 is 0 Å². The maximum atomic E-state index is 12.5. The molecule has 0 saturated heterocycles. The summed E-state index contributed by atoms with van der Waals surface area (Å²) < 4.78 is 12.2. The number of hydrogen-bond acceptors (Lipinski definition) is 6. The Bertz CT molecular complexity index is 1020. The van der Waals surface area contributed by atoms with E-state index in [0.29, 0.717) is 29.0 Å². The minimum Gasteiger partial charge on any atom is -0.497 e. The molecule has 1 N–H and O–H groups in total. The first-order valence-electron chi connectivity index (χ1n) is 8.57. The van der Waals surface area contributed by atoms with E-state index in [0.717, 1.165) is 5.56 Å². The standard InChI is InChI=1S/C20H17N5O3/c1-27-15-6-2-5-14(11-15)12-19(26)22-17-13-18(25-9-4-8-21-25)24-20(23-17)16-7-3-10-28-16/h2-11,13H,12H2,1H3,(H,22,23,24,26). The molecule has 3 aromatic heterocycles. The van der Waals surface area contributed by atoms with Crippen molar-refractivity contribution in [3.8, 4) is 23.2 Å². The summed E-state index contributed by atoms with van der Waals surface area (Å²) in [7, 11) is 1.59. The van der Waals surface area contributed by atoms with Crippen molar-refractivity contribution in [1.82, 2.24) is 19.7 Å². The predicted octanol–water partition coefficient (Wildman–Crippen LogP) is 3.11. The van der Waals surface area contributed by atoms with E-state index in [4.69, 9.17) is 9.15 Å². The Hall–Kier alpha value is -3.94. The highest BCUT2D eigenvalue weighted by Gasteiger charge is 2.13. The summed E-state index contributed by atoms with van der Waals surface area (Å²) in [6, 6.07) is 14.3. The van der Waals surface area contributed by atoms with Crippen LogP contribution in [0.3, 0.4) is 0 Å². The Labute approximate surface area is 160 Å². The lowest BCUT2D eigenvalue weighted by Crippen LogP contribution is -2.16. The molecule has 0 unspecified atom stereocenters. The van der Waals surface area contributed by atoms with Crippen LogP contribution in [0, 0.1) is 0 Å². The van der Waals surface area contributed by atoms with Gasteiger partial charge in [-0.05, 0) is 35.9 Å². The van der Waals surface area contributed by atoms with Crippen molar-refractivity contribution in [2.45, 2.75) is 6.42 Å². The second-order valence-corrected chi connectivity index (χ2v) is 5.94. The highest BCUT2D eigenvalue weighted by molar-refractivity contribution is 5.91. The van der Waals surface area contributed by atoms with Gasteiger partial charge in [0.1, 0.15) is 11.6 Å². The summed E-state index contributed by atoms with van der Waals surface area (Å²) in [4.78, 5) is 21.4. The van der Waals surface area contributed by atoms with Crippen molar-refractivity contribution in [3.63, 3.8) is 0 Å². The number of furan rings is 1. The molecular formula is C20H17N5O3. The maximum Gasteiger partial charge on any atom is 0.229 e. The Kier molecular flexibility index (Phi) is 4.83. The molecule has 8 nitrogen and oxygen atoms in total. The van der Waals surface area contributed by atoms with Crippen molar-refractivity contribution in [2.24, 2.45) is 0 Å². The van der Waals surface area contributed by atoms with E-state index in [1.165, 1.54) is 0 Å². The number of nitrogens with one attached hydrogen (secondary N) is 1. The highest BCUT2D eigenvalue weighted by atomic mass is 16.5. The topological polar surface area (TPSA) is 95.1 Å². The molecule has 0 aliphatic carbocycles. The van der Waals surface area contributed by atoms with Crippen molar-refractivity contribution >= 4 is 11.7 Å². The number of anilines is 1. The first kappa shape index (κ1) is 17.5. The lowest BCUT2D eigenvalue weighted by Gasteiger charge is -2.09. The molecule has 0 atom stereocenters. The monoisotopic (exact) mass is 375 g/mol. The Balaban J connectivity index is 1.60. The molecule has 0 aliphatic rings.